The van der Waals surface area contributed by atoms with Crippen LogP contribution in [0.15, 0.2) is 29.3 Å². The molecule has 2 heterocycles. The van der Waals surface area contributed by atoms with Crippen molar-refractivity contribution < 1.29 is 4.79 Å². The molecule has 3 rings (SSSR count). The lowest BCUT2D eigenvalue weighted by atomic mass is 10.2. The second kappa shape index (κ2) is 4.96. The predicted octanol–water partition coefficient (Wildman–Crippen LogP) is 0.601. The van der Waals surface area contributed by atoms with Crippen LogP contribution in [0.1, 0.15) is 12.8 Å². The molecule has 0 unspecified atom stereocenters. The van der Waals surface area contributed by atoms with Crippen molar-refractivity contribution in [2.45, 2.75) is 19.4 Å². The van der Waals surface area contributed by atoms with E-state index in [-0.39, 0.29) is 18.0 Å². The van der Waals surface area contributed by atoms with Crippen LogP contribution in [0.2, 0.25) is 0 Å². The van der Waals surface area contributed by atoms with Gasteiger partial charge in [0, 0.05) is 18.8 Å². The molecule has 0 spiro atoms. The summed E-state index contributed by atoms with van der Waals surface area (Å²) in [5.74, 6) is -0.0327. The molecule has 1 fully saturated rings. The number of hydrogen-bond donors (Lipinski definition) is 1. The number of aromatic nitrogens is 2. The summed E-state index contributed by atoms with van der Waals surface area (Å²) in [4.78, 5) is 30.4. The summed E-state index contributed by atoms with van der Waals surface area (Å²) in [7, 11) is 0. The van der Waals surface area contributed by atoms with E-state index in [1.54, 1.807) is 23.1 Å². The lowest BCUT2D eigenvalue weighted by Crippen LogP contribution is -2.34. The number of carbonyl (C=O) groups is 1. The maximum absolute atomic E-state index is 12.3. The number of nitrogen functional groups attached to an aromatic ring is 1. The van der Waals surface area contributed by atoms with Gasteiger partial charge >= 0.3 is 0 Å². The zero-order valence-electron chi connectivity index (χ0n) is 11.1. The molecule has 1 saturated heterocycles. The number of likely N-dealkylation sites (tertiary alicyclic amines) is 1. The van der Waals surface area contributed by atoms with Crippen LogP contribution < -0.4 is 11.3 Å². The molecule has 0 aliphatic carbocycles. The van der Waals surface area contributed by atoms with E-state index in [0.29, 0.717) is 16.6 Å². The van der Waals surface area contributed by atoms with Crippen LogP contribution in [-0.4, -0.2) is 33.4 Å². The lowest BCUT2D eigenvalue weighted by molar-refractivity contribution is -0.130. The third-order valence-corrected chi connectivity index (χ3v) is 3.61. The second-order valence-corrected chi connectivity index (χ2v) is 5.04. The highest BCUT2D eigenvalue weighted by Gasteiger charge is 2.18. The first-order valence-electron chi connectivity index (χ1n) is 6.67. The number of hydrogen-bond acceptors (Lipinski definition) is 4. The molecule has 0 saturated carbocycles. The van der Waals surface area contributed by atoms with Crippen molar-refractivity contribution in [3.8, 4) is 0 Å². The van der Waals surface area contributed by atoms with E-state index in [1.807, 2.05) is 0 Å². The number of carbonyl (C=O) groups excluding carboxylic acids is 1. The molecule has 20 heavy (non-hydrogen) atoms. The fourth-order valence-electron chi connectivity index (χ4n) is 2.50. The molecule has 2 aromatic rings. The summed E-state index contributed by atoms with van der Waals surface area (Å²) < 4.78 is 1.35. The van der Waals surface area contributed by atoms with E-state index in [2.05, 4.69) is 4.98 Å². The monoisotopic (exact) mass is 272 g/mol. The molecule has 0 bridgehead atoms. The van der Waals surface area contributed by atoms with Crippen LogP contribution >= 0.6 is 0 Å². The Kier molecular flexibility index (Phi) is 3.14. The van der Waals surface area contributed by atoms with Crippen molar-refractivity contribution in [1.82, 2.24) is 14.5 Å². The van der Waals surface area contributed by atoms with Crippen LogP contribution in [0.25, 0.3) is 10.9 Å². The first kappa shape index (κ1) is 12.7. The Labute approximate surface area is 115 Å². The standard InChI is InChI=1S/C14H16N4O2/c15-10-3-4-12-11(7-10)14(20)18(9-16-12)8-13(19)17-5-1-2-6-17/h3-4,7,9H,1-2,5-6,8,15H2. The zero-order chi connectivity index (χ0) is 14.1. The van der Waals surface area contributed by atoms with Crippen LogP contribution in [-0.2, 0) is 11.3 Å². The van der Waals surface area contributed by atoms with Gasteiger partial charge in [-0.15, -0.1) is 0 Å². The Hall–Kier alpha value is -2.37. The van der Waals surface area contributed by atoms with Gasteiger partial charge in [0.05, 0.1) is 17.2 Å². The Morgan fingerprint density at radius 2 is 2.05 bits per heavy atom. The molecule has 6 nitrogen and oxygen atoms in total. The van der Waals surface area contributed by atoms with E-state index in [0.717, 1.165) is 25.9 Å². The minimum Gasteiger partial charge on any atom is -0.399 e. The second-order valence-electron chi connectivity index (χ2n) is 5.04. The molecular weight excluding hydrogens is 256 g/mol. The minimum atomic E-state index is -0.227. The average Bonchev–Trinajstić information content (AvgIpc) is 2.96. The van der Waals surface area contributed by atoms with Gasteiger partial charge in [-0.25, -0.2) is 4.98 Å². The Morgan fingerprint density at radius 3 is 2.80 bits per heavy atom. The van der Waals surface area contributed by atoms with E-state index >= 15 is 0 Å². The van der Waals surface area contributed by atoms with Gasteiger partial charge in [-0.3, -0.25) is 14.2 Å². The number of nitrogens with zero attached hydrogens (tertiary/aromatic N) is 3. The quantitative estimate of drug-likeness (QED) is 0.812. The lowest BCUT2D eigenvalue weighted by Gasteiger charge is -2.15. The first-order chi connectivity index (χ1) is 9.65. The molecular formula is C14H16N4O2. The summed E-state index contributed by atoms with van der Waals surface area (Å²) in [6.45, 7) is 1.60. The third kappa shape index (κ3) is 2.24. The first-order valence-corrected chi connectivity index (χ1v) is 6.67. The molecule has 1 aromatic carbocycles. The van der Waals surface area contributed by atoms with Crippen molar-refractivity contribution in [1.29, 1.82) is 0 Å². The van der Waals surface area contributed by atoms with Gasteiger partial charge < -0.3 is 10.6 Å². The van der Waals surface area contributed by atoms with E-state index < -0.39 is 0 Å². The number of benzene rings is 1. The third-order valence-electron chi connectivity index (χ3n) is 3.61. The maximum atomic E-state index is 12.3. The predicted molar refractivity (Wildman–Crippen MR) is 76.2 cm³/mol. The highest BCUT2D eigenvalue weighted by Crippen LogP contribution is 2.12. The summed E-state index contributed by atoms with van der Waals surface area (Å²) in [5.41, 5.74) is 6.57. The van der Waals surface area contributed by atoms with Crippen molar-refractivity contribution in [3.05, 3.63) is 34.9 Å². The van der Waals surface area contributed by atoms with Gasteiger partial charge in [0.1, 0.15) is 6.54 Å². The SMILES string of the molecule is Nc1ccc2ncn(CC(=O)N3CCCC3)c(=O)c2c1. The number of amides is 1. The number of rotatable bonds is 2. The molecule has 0 atom stereocenters. The number of nitrogens with two attached hydrogens (primary N) is 1. The summed E-state index contributed by atoms with van der Waals surface area (Å²) in [5, 5.41) is 0.446. The van der Waals surface area contributed by atoms with E-state index in [1.165, 1.54) is 10.9 Å². The molecule has 104 valence electrons. The van der Waals surface area contributed by atoms with Gasteiger partial charge in [0.25, 0.3) is 5.56 Å². The van der Waals surface area contributed by atoms with Crippen molar-refractivity contribution in [2.24, 2.45) is 0 Å². The molecule has 2 N–H and O–H groups in total. The van der Waals surface area contributed by atoms with Crippen molar-refractivity contribution >= 4 is 22.5 Å². The smallest absolute Gasteiger partial charge is 0.261 e. The Morgan fingerprint density at radius 1 is 1.30 bits per heavy atom. The summed E-state index contributed by atoms with van der Waals surface area (Å²) in [6.07, 6.45) is 3.50. The largest absolute Gasteiger partial charge is 0.399 e. The van der Waals surface area contributed by atoms with Crippen molar-refractivity contribution in [2.75, 3.05) is 18.8 Å². The molecule has 0 radical (unpaired) electrons. The van der Waals surface area contributed by atoms with Gasteiger partial charge in [-0.2, -0.15) is 0 Å². The van der Waals surface area contributed by atoms with Gasteiger partial charge in [-0.1, -0.05) is 0 Å². The normalized spacial score (nSPS) is 14.9. The van der Waals surface area contributed by atoms with Gasteiger partial charge in [0.2, 0.25) is 5.91 Å². The average molecular weight is 272 g/mol. The number of anilines is 1. The topological polar surface area (TPSA) is 81.2 Å². The number of fused-ring (bicyclic) bond motifs is 1. The van der Waals surface area contributed by atoms with Crippen LogP contribution in [0.4, 0.5) is 5.69 Å². The molecule has 6 heteroatoms. The Bertz CT molecular complexity index is 717. The van der Waals surface area contributed by atoms with Gasteiger partial charge in [0.15, 0.2) is 0 Å². The summed E-state index contributed by atoms with van der Waals surface area (Å²) in [6, 6.07) is 5.01. The van der Waals surface area contributed by atoms with Crippen molar-refractivity contribution in [3.63, 3.8) is 0 Å². The van der Waals surface area contributed by atoms with Gasteiger partial charge in [-0.05, 0) is 31.0 Å². The zero-order valence-corrected chi connectivity index (χ0v) is 11.1. The van der Waals surface area contributed by atoms with Crippen LogP contribution in [0.5, 0.6) is 0 Å². The summed E-state index contributed by atoms with van der Waals surface area (Å²) >= 11 is 0. The fourth-order valence-corrected chi connectivity index (χ4v) is 2.50. The molecule has 1 aliphatic rings. The molecule has 1 aliphatic heterocycles. The van der Waals surface area contributed by atoms with E-state index in [4.69, 9.17) is 5.73 Å². The van der Waals surface area contributed by atoms with Crippen LogP contribution in [0.3, 0.4) is 0 Å². The fraction of sp³-hybridized carbons (Fsp3) is 0.357. The minimum absolute atomic E-state index is 0.0327. The molecule has 1 aromatic heterocycles. The van der Waals surface area contributed by atoms with Crippen LogP contribution in [0, 0.1) is 0 Å². The highest BCUT2D eigenvalue weighted by molar-refractivity contribution is 5.81. The highest BCUT2D eigenvalue weighted by atomic mass is 16.2. The van der Waals surface area contributed by atoms with E-state index in [9.17, 15) is 9.59 Å². The molecule has 1 amide bonds. The maximum Gasteiger partial charge on any atom is 0.261 e. The Balaban J connectivity index is 1.93.